The number of nitrogens with zero attached hydrogens (tertiary/aromatic N) is 2. The van der Waals surface area contributed by atoms with Gasteiger partial charge in [0.25, 0.3) is 11.7 Å². The van der Waals surface area contributed by atoms with Crippen LogP contribution in [-0.2, 0) is 16.0 Å². The van der Waals surface area contributed by atoms with Crippen LogP contribution in [0.25, 0.3) is 5.76 Å². The lowest BCUT2D eigenvalue weighted by Gasteiger charge is -2.28. The predicted octanol–water partition coefficient (Wildman–Crippen LogP) is 4.57. The number of rotatable bonds is 11. The minimum absolute atomic E-state index is 0.0499. The van der Waals surface area contributed by atoms with Crippen molar-refractivity contribution in [1.29, 1.82) is 0 Å². The molecule has 1 N–H and O–H groups in total. The van der Waals surface area contributed by atoms with E-state index in [4.69, 9.17) is 14.2 Å². The van der Waals surface area contributed by atoms with Crippen molar-refractivity contribution in [2.24, 2.45) is 0 Å². The minimum atomic E-state index is -0.760. The number of aliphatic hydroxyl groups is 1. The molecule has 2 atom stereocenters. The number of likely N-dealkylation sites (N-methyl/N-ethyl adjacent to an activating group) is 1. The van der Waals surface area contributed by atoms with Gasteiger partial charge in [-0.3, -0.25) is 9.59 Å². The van der Waals surface area contributed by atoms with Gasteiger partial charge in [0.15, 0.2) is 11.5 Å². The summed E-state index contributed by atoms with van der Waals surface area (Å²) in [5, 5.41) is 11.5. The van der Waals surface area contributed by atoms with Gasteiger partial charge in [0.2, 0.25) is 0 Å². The maximum Gasteiger partial charge on any atom is 0.295 e. The summed E-state index contributed by atoms with van der Waals surface area (Å²) in [6.45, 7) is 13.4. The Hall–Kier alpha value is -3.52. The Morgan fingerprint density at radius 3 is 2.42 bits per heavy atom. The zero-order chi connectivity index (χ0) is 27.4. The summed E-state index contributed by atoms with van der Waals surface area (Å²) in [6, 6.07) is 10.1. The van der Waals surface area contributed by atoms with Crippen LogP contribution in [0, 0.1) is 0 Å². The zero-order valence-corrected chi connectivity index (χ0v) is 23.0. The largest absolute Gasteiger partial charge is 0.507 e. The van der Waals surface area contributed by atoms with Crippen molar-refractivity contribution < 1.29 is 28.9 Å². The van der Waals surface area contributed by atoms with E-state index in [0.717, 1.165) is 24.4 Å². The van der Waals surface area contributed by atoms with Crippen LogP contribution in [0.5, 0.6) is 17.2 Å². The number of amides is 1. The first-order valence-electron chi connectivity index (χ1n) is 13.5. The molecule has 2 aliphatic heterocycles. The van der Waals surface area contributed by atoms with E-state index < -0.39 is 17.7 Å². The quantitative estimate of drug-likeness (QED) is 0.263. The van der Waals surface area contributed by atoms with Crippen LogP contribution < -0.4 is 14.2 Å². The molecule has 2 aliphatic rings. The summed E-state index contributed by atoms with van der Waals surface area (Å²) in [5.41, 5.74) is 2.21. The number of hydrogen-bond acceptors (Lipinski definition) is 7. The van der Waals surface area contributed by atoms with Crippen LogP contribution in [-0.4, -0.2) is 72.1 Å². The number of aliphatic hydroxyl groups excluding tert-OH is 1. The van der Waals surface area contributed by atoms with E-state index >= 15 is 0 Å². The molecule has 2 aromatic carbocycles. The number of ketones is 1. The van der Waals surface area contributed by atoms with Crippen molar-refractivity contribution in [2.75, 3.05) is 39.4 Å². The van der Waals surface area contributed by atoms with E-state index in [1.807, 2.05) is 39.0 Å². The summed E-state index contributed by atoms with van der Waals surface area (Å²) in [5.74, 6) is 0.402. The lowest BCUT2D eigenvalue weighted by Crippen LogP contribution is -2.38. The molecule has 1 saturated heterocycles. The number of Topliss-reactive ketones (excluding diaryl/α,β-unsaturated/α-hetero) is 1. The Balaban J connectivity index is 1.82. The van der Waals surface area contributed by atoms with Crippen LogP contribution in [0.4, 0.5) is 0 Å². The van der Waals surface area contributed by atoms with Crippen molar-refractivity contribution in [3.63, 3.8) is 0 Å². The molecule has 8 nitrogen and oxygen atoms in total. The van der Waals surface area contributed by atoms with Crippen molar-refractivity contribution in [3.05, 3.63) is 58.7 Å². The fourth-order valence-corrected chi connectivity index (χ4v) is 5.21. The summed E-state index contributed by atoms with van der Waals surface area (Å²) in [6.07, 6.45) is 0.767. The maximum absolute atomic E-state index is 13.5. The molecule has 0 aliphatic carbocycles. The van der Waals surface area contributed by atoms with Gasteiger partial charge in [-0.25, -0.2) is 0 Å². The topological polar surface area (TPSA) is 88.5 Å². The smallest absolute Gasteiger partial charge is 0.295 e. The van der Waals surface area contributed by atoms with Gasteiger partial charge in [-0.1, -0.05) is 19.9 Å². The van der Waals surface area contributed by atoms with Crippen LogP contribution in [0.1, 0.15) is 57.4 Å². The van der Waals surface area contributed by atoms with E-state index in [2.05, 4.69) is 18.7 Å². The lowest BCUT2D eigenvalue weighted by molar-refractivity contribution is -0.140. The number of benzene rings is 2. The van der Waals surface area contributed by atoms with E-state index in [-0.39, 0.29) is 17.4 Å². The van der Waals surface area contributed by atoms with Crippen LogP contribution >= 0.6 is 0 Å². The Morgan fingerprint density at radius 1 is 1.03 bits per heavy atom. The Labute approximate surface area is 224 Å². The molecule has 2 heterocycles. The second-order valence-electron chi connectivity index (χ2n) is 9.55. The standard InChI is InChI=1S/C30H38N2O6/c1-6-31(7-2)14-15-32-27(20-10-13-24(36-8-3)25(18-20)37-9-4)26(29(34)30(32)35)28(33)21-11-12-23-22(17-21)16-19(5)38-23/h10-13,17-19,27,33H,6-9,14-16H2,1-5H3/t19-,27+/m0/s1. The molecular weight excluding hydrogens is 484 g/mol. The molecule has 1 amide bonds. The molecule has 0 saturated carbocycles. The second kappa shape index (κ2) is 11.9. The number of hydrogen-bond donors (Lipinski definition) is 1. The van der Waals surface area contributed by atoms with E-state index in [0.29, 0.717) is 55.4 Å². The Morgan fingerprint density at radius 2 is 1.74 bits per heavy atom. The fourth-order valence-electron chi connectivity index (χ4n) is 5.21. The van der Waals surface area contributed by atoms with Gasteiger partial charge in [0, 0.05) is 25.1 Å². The summed E-state index contributed by atoms with van der Waals surface area (Å²) in [4.78, 5) is 30.6. The Bertz CT molecular complexity index is 1220. The molecule has 204 valence electrons. The molecule has 0 radical (unpaired) electrons. The normalized spacial score (nSPS) is 20.1. The average Bonchev–Trinajstić information content (AvgIpc) is 3.41. The first-order valence-corrected chi connectivity index (χ1v) is 13.5. The first-order chi connectivity index (χ1) is 18.3. The van der Waals surface area contributed by atoms with Crippen LogP contribution in [0.3, 0.4) is 0 Å². The third kappa shape index (κ3) is 5.36. The lowest BCUT2D eigenvalue weighted by atomic mass is 9.94. The van der Waals surface area contributed by atoms with Gasteiger partial charge in [0.1, 0.15) is 17.6 Å². The molecule has 0 aromatic heterocycles. The highest BCUT2D eigenvalue weighted by molar-refractivity contribution is 6.46. The van der Waals surface area contributed by atoms with Crippen LogP contribution in [0.2, 0.25) is 0 Å². The van der Waals surface area contributed by atoms with Crippen molar-refractivity contribution in [2.45, 2.75) is 53.2 Å². The van der Waals surface area contributed by atoms with Crippen LogP contribution in [0.15, 0.2) is 42.0 Å². The van der Waals surface area contributed by atoms with Crippen molar-refractivity contribution in [1.82, 2.24) is 9.80 Å². The molecular formula is C30H38N2O6. The van der Waals surface area contributed by atoms with E-state index in [1.165, 1.54) is 0 Å². The van der Waals surface area contributed by atoms with E-state index in [9.17, 15) is 14.7 Å². The van der Waals surface area contributed by atoms with Gasteiger partial charge >= 0.3 is 0 Å². The monoisotopic (exact) mass is 522 g/mol. The van der Waals surface area contributed by atoms with Crippen molar-refractivity contribution >= 4 is 17.4 Å². The van der Waals surface area contributed by atoms with Crippen molar-refractivity contribution in [3.8, 4) is 17.2 Å². The molecule has 0 unspecified atom stereocenters. The number of carbonyl (C=O) groups is 2. The molecule has 0 spiro atoms. The highest BCUT2D eigenvalue weighted by atomic mass is 16.5. The zero-order valence-electron chi connectivity index (χ0n) is 23.0. The van der Waals surface area contributed by atoms with Gasteiger partial charge in [-0.2, -0.15) is 0 Å². The third-order valence-electron chi connectivity index (χ3n) is 7.14. The van der Waals surface area contributed by atoms with Gasteiger partial charge in [-0.15, -0.1) is 0 Å². The highest BCUT2D eigenvalue weighted by Crippen LogP contribution is 2.42. The maximum atomic E-state index is 13.5. The Kier molecular flexibility index (Phi) is 8.62. The predicted molar refractivity (Wildman–Crippen MR) is 146 cm³/mol. The number of likely N-dealkylation sites (tertiary alicyclic amines) is 1. The van der Waals surface area contributed by atoms with Gasteiger partial charge < -0.3 is 29.1 Å². The molecule has 38 heavy (non-hydrogen) atoms. The number of fused-ring (bicyclic) bond motifs is 1. The molecule has 0 bridgehead atoms. The number of carbonyl (C=O) groups excluding carboxylic acids is 2. The molecule has 2 aromatic rings. The van der Waals surface area contributed by atoms with E-state index in [1.54, 1.807) is 23.1 Å². The minimum Gasteiger partial charge on any atom is -0.507 e. The average molecular weight is 523 g/mol. The van der Waals surface area contributed by atoms with Gasteiger partial charge in [-0.05, 0) is 75.3 Å². The fraction of sp³-hybridized carbons (Fsp3) is 0.467. The SMILES string of the molecule is CCOc1ccc([C@@H]2C(=C(O)c3ccc4c(c3)C[C@H](C)O4)C(=O)C(=O)N2CCN(CC)CC)cc1OCC. The summed E-state index contributed by atoms with van der Waals surface area (Å²) >= 11 is 0. The highest BCUT2D eigenvalue weighted by Gasteiger charge is 2.46. The molecule has 1 fully saturated rings. The summed E-state index contributed by atoms with van der Waals surface area (Å²) in [7, 11) is 0. The first kappa shape index (κ1) is 27.5. The molecule has 4 rings (SSSR count). The number of ether oxygens (including phenoxy) is 3. The molecule has 8 heteroatoms. The third-order valence-corrected chi connectivity index (χ3v) is 7.14. The van der Waals surface area contributed by atoms with Gasteiger partial charge in [0.05, 0.1) is 24.8 Å². The second-order valence-corrected chi connectivity index (χ2v) is 9.55. The summed E-state index contributed by atoms with van der Waals surface area (Å²) < 4.78 is 17.4.